The summed E-state index contributed by atoms with van der Waals surface area (Å²) in [6, 6.07) is 9.16. The maximum absolute atomic E-state index is 12.7. The monoisotopic (exact) mass is 473 g/mol. The van der Waals surface area contributed by atoms with Gasteiger partial charge < -0.3 is 9.08 Å². The topological polar surface area (TPSA) is 109 Å². The van der Waals surface area contributed by atoms with Crippen molar-refractivity contribution in [1.29, 1.82) is 0 Å². The van der Waals surface area contributed by atoms with Crippen LogP contribution in [0.15, 0.2) is 41.1 Å². The highest BCUT2D eigenvalue weighted by Crippen LogP contribution is 2.32. The summed E-state index contributed by atoms with van der Waals surface area (Å²) in [5.41, 5.74) is 2.96. The summed E-state index contributed by atoms with van der Waals surface area (Å²) in [5.74, 6) is -0.844. The van der Waals surface area contributed by atoms with E-state index in [2.05, 4.69) is 21.6 Å². The molecule has 0 bridgehead atoms. The minimum Gasteiger partial charge on any atom is -0.748 e. The molecule has 0 saturated heterocycles. The number of hydrogen-bond acceptors (Lipinski definition) is 7. The second-order valence-electron chi connectivity index (χ2n) is 6.92. The van der Waals surface area contributed by atoms with E-state index in [4.69, 9.17) is 17.8 Å². The van der Waals surface area contributed by atoms with Crippen molar-refractivity contribution in [3.05, 3.63) is 59.2 Å². The van der Waals surface area contributed by atoms with Gasteiger partial charge in [-0.25, -0.2) is 13.3 Å². The van der Waals surface area contributed by atoms with E-state index in [1.165, 1.54) is 0 Å². The summed E-state index contributed by atoms with van der Waals surface area (Å²) in [7, 11) is -3.92. The smallest absolute Gasteiger partial charge is 0.471 e. The van der Waals surface area contributed by atoms with E-state index in [1.54, 1.807) is 16.9 Å². The Bertz CT molecular complexity index is 1150. The largest absolute Gasteiger partial charge is 0.748 e. The van der Waals surface area contributed by atoms with Gasteiger partial charge in [0.1, 0.15) is 0 Å². The van der Waals surface area contributed by atoms with Crippen molar-refractivity contribution in [3.8, 4) is 17.1 Å². The first kappa shape index (κ1) is 25.3. The molecule has 2 heterocycles. The van der Waals surface area contributed by atoms with Crippen molar-refractivity contribution < 1.29 is 40.2 Å². The molecule has 0 N–H and O–H groups in total. The van der Waals surface area contributed by atoms with Gasteiger partial charge in [-0.2, -0.15) is 18.2 Å². The summed E-state index contributed by atoms with van der Waals surface area (Å²) < 4.78 is 71.2. The zero-order valence-corrected chi connectivity index (χ0v) is 18.6. The molecule has 12 heteroatoms. The summed E-state index contributed by atoms with van der Waals surface area (Å²) >= 11 is 0. The molecule has 8 nitrogen and oxygen atoms in total. The number of hydrogen-bond donors (Lipinski definition) is 0. The van der Waals surface area contributed by atoms with Crippen LogP contribution in [-0.4, -0.2) is 29.4 Å². The third-order valence-corrected chi connectivity index (χ3v) is 3.99. The van der Waals surface area contributed by atoms with E-state index < -0.39 is 22.2 Å². The van der Waals surface area contributed by atoms with Crippen molar-refractivity contribution in [2.45, 2.75) is 39.8 Å². The van der Waals surface area contributed by atoms with Gasteiger partial charge in [0.25, 0.3) is 0 Å². The third-order valence-electron chi connectivity index (χ3n) is 3.99. The Morgan fingerprint density at radius 2 is 1.78 bits per heavy atom. The highest BCUT2D eigenvalue weighted by atomic mass is 32.2. The van der Waals surface area contributed by atoms with Crippen molar-refractivity contribution in [2.24, 2.45) is 0 Å². The average molecular weight is 473 g/mol. The highest BCUT2D eigenvalue weighted by Gasteiger charge is 2.38. The molecule has 32 heavy (non-hydrogen) atoms. The molecule has 0 aliphatic carbocycles. The van der Waals surface area contributed by atoms with Crippen molar-refractivity contribution >= 4 is 10.1 Å². The Morgan fingerprint density at radius 3 is 2.28 bits per heavy atom. The van der Waals surface area contributed by atoms with Crippen molar-refractivity contribution in [3.63, 3.8) is 0 Å². The van der Waals surface area contributed by atoms with Crippen LogP contribution in [0, 0.1) is 13.8 Å². The second-order valence-corrected chi connectivity index (χ2v) is 8.33. The zero-order chi connectivity index (χ0) is 24.1. The predicted molar refractivity (Wildman–Crippen MR) is 106 cm³/mol. The Labute approximate surface area is 183 Å². The molecule has 0 atom stereocenters. The number of alkyl halides is 3. The lowest BCUT2D eigenvalue weighted by Gasteiger charge is -2.09. The summed E-state index contributed by atoms with van der Waals surface area (Å²) in [4.78, 5) is 9.48. The van der Waals surface area contributed by atoms with Gasteiger partial charge >= 0.3 is 12.1 Å². The SMILES string of the molecule is CCCc1cccc[n+]1Oc1c(C)cc(-c2noc(C(F)(F)F)n2)cc1C.CS(=O)(=O)[O-]. The van der Waals surface area contributed by atoms with Gasteiger partial charge in [0.15, 0.2) is 0 Å². The van der Waals surface area contributed by atoms with Crippen molar-refractivity contribution in [2.75, 3.05) is 6.26 Å². The number of halogens is 3. The minimum absolute atomic E-state index is 0.112. The van der Waals surface area contributed by atoms with E-state index in [1.807, 2.05) is 38.2 Å². The van der Waals surface area contributed by atoms with Gasteiger partial charge in [-0.3, -0.25) is 0 Å². The first-order valence-corrected chi connectivity index (χ1v) is 11.2. The minimum atomic E-state index is -4.67. The van der Waals surface area contributed by atoms with Crippen LogP contribution in [0.1, 0.15) is 36.1 Å². The maximum atomic E-state index is 12.7. The normalized spacial score (nSPS) is 11.6. The number of benzene rings is 1. The van der Waals surface area contributed by atoms with E-state index in [-0.39, 0.29) is 5.82 Å². The molecule has 174 valence electrons. The fraction of sp³-hybridized carbons (Fsp3) is 0.350. The van der Waals surface area contributed by atoms with Crippen LogP contribution in [0.2, 0.25) is 0 Å². The van der Waals surface area contributed by atoms with E-state index in [0.717, 1.165) is 29.7 Å². The molecule has 0 radical (unpaired) electrons. The highest BCUT2D eigenvalue weighted by molar-refractivity contribution is 7.84. The summed E-state index contributed by atoms with van der Waals surface area (Å²) in [6.45, 7) is 5.72. The molecule has 0 unspecified atom stereocenters. The first-order chi connectivity index (χ1) is 14.8. The number of rotatable bonds is 5. The Kier molecular flexibility index (Phi) is 7.97. The molecule has 1 aromatic carbocycles. The maximum Gasteiger partial charge on any atom is 0.471 e. The van der Waals surface area contributed by atoms with Gasteiger partial charge in [-0.05, 0) is 49.6 Å². The Hall–Kier alpha value is -2.99. The molecule has 2 aromatic heterocycles. The van der Waals surface area contributed by atoms with Gasteiger partial charge in [-0.15, -0.1) is 0 Å². The standard InChI is InChI=1S/C19H19F3N3O2.CH4O3S/c1-4-7-15-8-5-6-9-25(15)27-16-12(2)10-14(11-13(16)3)17-23-18(26-24-17)19(20,21)22;1-5(2,3)4/h5-6,8-11H,4,7H2,1-3H3;1H3,(H,2,3,4)/q+1;/p-1. The van der Waals surface area contributed by atoms with Gasteiger partial charge in [0.2, 0.25) is 23.5 Å². The van der Waals surface area contributed by atoms with Gasteiger partial charge in [0, 0.05) is 35.1 Å². The average Bonchev–Trinajstić information content (AvgIpc) is 3.15. The summed E-state index contributed by atoms with van der Waals surface area (Å²) in [6.07, 6.45) is -0.401. The number of aromatic nitrogens is 3. The fourth-order valence-corrected chi connectivity index (χ4v) is 2.78. The molecular formula is C20H22F3N3O5S. The molecule has 0 spiro atoms. The van der Waals surface area contributed by atoms with Crippen molar-refractivity contribution in [1.82, 2.24) is 10.1 Å². The van der Waals surface area contributed by atoms with Crippen LogP contribution in [-0.2, 0) is 22.7 Å². The molecule has 0 aliphatic heterocycles. The zero-order valence-electron chi connectivity index (χ0n) is 17.8. The van der Waals surface area contributed by atoms with Crippen LogP contribution >= 0.6 is 0 Å². The van der Waals surface area contributed by atoms with E-state index in [0.29, 0.717) is 17.6 Å². The predicted octanol–water partition coefficient (Wildman–Crippen LogP) is 3.62. The Balaban J connectivity index is 0.000000654. The first-order valence-electron chi connectivity index (χ1n) is 9.41. The van der Waals surface area contributed by atoms with Crippen LogP contribution in [0.25, 0.3) is 11.4 Å². The van der Waals surface area contributed by atoms with Crippen LogP contribution < -0.4 is 9.57 Å². The van der Waals surface area contributed by atoms with Gasteiger partial charge in [0.05, 0.1) is 10.1 Å². The molecule has 0 aliphatic rings. The molecule has 3 rings (SSSR count). The van der Waals surface area contributed by atoms with E-state index in [9.17, 15) is 13.2 Å². The molecule has 0 saturated carbocycles. The van der Waals surface area contributed by atoms with E-state index >= 15 is 0 Å². The molecular weight excluding hydrogens is 451 g/mol. The van der Waals surface area contributed by atoms with Crippen LogP contribution in [0.3, 0.4) is 0 Å². The fourth-order valence-electron chi connectivity index (χ4n) is 2.78. The lowest BCUT2D eigenvalue weighted by atomic mass is 10.1. The lowest BCUT2D eigenvalue weighted by Crippen LogP contribution is -2.43. The third kappa shape index (κ3) is 7.31. The number of aryl methyl sites for hydroxylation is 3. The molecule has 0 amide bonds. The van der Waals surface area contributed by atoms with Gasteiger partial charge in [-0.1, -0.05) is 12.1 Å². The van der Waals surface area contributed by atoms with Crippen LogP contribution in [0.5, 0.6) is 5.75 Å². The Morgan fingerprint density at radius 1 is 1.19 bits per heavy atom. The van der Waals surface area contributed by atoms with Crippen LogP contribution in [0.4, 0.5) is 13.2 Å². The number of nitrogens with zero attached hydrogens (tertiary/aromatic N) is 3. The lowest BCUT2D eigenvalue weighted by molar-refractivity contribution is -0.880. The molecule has 3 aromatic rings. The summed E-state index contributed by atoms with van der Waals surface area (Å²) in [5, 5.41) is 3.44. The number of pyridine rings is 1. The second kappa shape index (κ2) is 10.1. The quantitative estimate of drug-likeness (QED) is 0.411. The molecule has 0 fully saturated rings.